The summed E-state index contributed by atoms with van der Waals surface area (Å²) in [5, 5.41) is 14.4. The second-order valence-electron chi connectivity index (χ2n) is 7.68. The van der Waals surface area contributed by atoms with Crippen LogP contribution in [0.3, 0.4) is 0 Å². The lowest BCUT2D eigenvalue weighted by Gasteiger charge is -2.33. The molecule has 1 aliphatic heterocycles. The molecule has 1 unspecified atom stereocenters. The summed E-state index contributed by atoms with van der Waals surface area (Å²) in [4.78, 5) is 17.4. The molecule has 0 radical (unpaired) electrons. The van der Waals surface area contributed by atoms with Gasteiger partial charge in [0.15, 0.2) is 5.82 Å². The number of nitrogens with zero attached hydrogens (tertiary/aromatic N) is 4. The molecule has 0 saturated carbocycles. The van der Waals surface area contributed by atoms with Crippen LogP contribution in [0.5, 0.6) is 0 Å². The third-order valence-electron chi connectivity index (χ3n) is 4.97. The maximum atomic E-state index is 12.5. The first kappa shape index (κ1) is 20.2. The fraction of sp³-hybridized carbons (Fsp3) is 0.476. The summed E-state index contributed by atoms with van der Waals surface area (Å²) in [7, 11) is 2.16. The number of nitrogens with one attached hydrogen (secondary N) is 2. The zero-order chi connectivity index (χ0) is 19.9. The standard InChI is InChI=1S/C21H30N6O/c1-16(15-27-11-9-26(3)10-12-27)14-22-21(28)18-5-4-6-19(13-18)23-20-8-7-17(2)24-25-20/h4-8,13,16H,9-12,14-15H2,1-3H3,(H,22,28)(H,23,25). The first-order valence-electron chi connectivity index (χ1n) is 9.86. The Bertz CT molecular complexity index is 771. The van der Waals surface area contributed by atoms with Gasteiger partial charge in [0.05, 0.1) is 5.69 Å². The van der Waals surface area contributed by atoms with Gasteiger partial charge in [0, 0.05) is 50.5 Å². The van der Waals surface area contributed by atoms with Gasteiger partial charge in [-0.2, -0.15) is 5.10 Å². The molecule has 1 atom stereocenters. The molecule has 2 aromatic rings. The van der Waals surface area contributed by atoms with Crippen molar-refractivity contribution < 1.29 is 4.79 Å². The minimum absolute atomic E-state index is 0.0520. The van der Waals surface area contributed by atoms with Crippen LogP contribution in [0.4, 0.5) is 11.5 Å². The number of rotatable bonds is 7. The Morgan fingerprint density at radius 2 is 1.93 bits per heavy atom. The molecule has 1 aliphatic rings. The lowest BCUT2D eigenvalue weighted by molar-refractivity contribution is 0.0937. The van der Waals surface area contributed by atoms with Crippen LogP contribution in [0.1, 0.15) is 23.0 Å². The van der Waals surface area contributed by atoms with E-state index in [4.69, 9.17) is 0 Å². The maximum absolute atomic E-state index is 12.5. The Morgan fingerprint density at radius 1 is 1.14 bits per heavy atom. The molecule has 150 valence electrons. The van der Waals surface area contributed by atoms with Crippen molar-refractivity contribution in [2.75, 3.05) is 51.6 Å². The largest absolute Gasteiger partial charge is 0.352 e. The van der Waals surface area contributed by atoms with Crippen molar-refractivity contribution in [3.63, 3.8) is 0 Å². The number of aromatic nitrogens is 2. The van der Waals surface area contributed by atoms with Crippen LogP contribution in [0.25, 0.3) is 0 Å². The molecule has 7 heteroatoms. The summed E-state index contributed by atoms with van der Waals surface area (Å²) < 4.78 is 0. The number of amides is 1. The van der Waals surface area contributed by atoms with Gasteiger partial charge in [0.1, 0.15) is 0 Å². The molecule has 2 N–H and O–H groups in total. The van der Waals surface area contributed by atoms with Crippen molar-refractivity contribution in [2.24, 2.45) is 5.92 Å². The van der Waals surface area contributed by atoms with Crippen LogP contribution in [-0.4, -0.2) is 72.2 Å². The minimum Gasteiger partial charge on any atom is -0.352 e. The van der Waals surface area contributed by atoms with Gasteiger partial charge in [-0.25, -0.2) is 0 Å². The maximum Gasteiger partial charge on any atom is 0.251 e. The van der Waals surface area contributed by atoms with Crippen LogP contribution < -0.4 is 10.6 Å². The Morgan fingerprint density at radius 3 is 2.64 bits per heavy atom. The molecular formula is C21H30N6O. The van der Waals surface area contributed by atoms with Gasteiger partial charge in [-0.05, 0) is 50.2 Å². The lowest BCUT2D eigenvalue weighted by atomic mass is 10.1. The fourth-order valence-electron chi connectivity index (χ4n) is 3.26. The van der Waals surface area contributed by atoms with Crippen molar-refractivity contribution in [3.05, 3.63) is 47.7 Å². The van der Waals surface area contributed by atoms with E-state index < -0.39 is 0 Å². The number of benzene rings is 1. The van der Waals surface area contributed by atoms with Crippen LogP contribution in [0.15, 0.2) is 36.4 Å². The van der Waals surface area contributed by atoms with Gasteiger partial charge in [0.25, 0.3) is 5.91 Å². The number of hydrogen-bond donors (Lipinski definition) is 2. The molecule has 1 amide bonds. The van der Waals surface area contributed by atoms with Crippen LogP contribution in [0.2, 0.25) is 0 Å². The van der Waals surface area contributed by atoms with Crippen LogP contribution >= 0.6 is 0 Å². The minimum atomic E-state index is -0.0520. The number of likely N-dealkylation sites (N-methyl/N-ethyl adjacent to an activating group) is 1. The molecule has 0 bridgehead atoms. The van der Waals surface area contributed by atoms with E-state index in [1.807, 2.05) is 43.3 Å². The van der Waals surface area contributed by atoms with E-state index in [2.05, 4.69) is 44.6 Å². The summed E-state index contributed by atoms with van der Waals surface area (Å²) in [6.45, 7) is 10.2. The summed E-state index contributed by atoms with van der Waals surface area (Å²) in [6, 6.07) is 11.2. The molecule has 1 fully saturated rings. The predicted molar refractivity (Wildman–Crippen MR) is 112 cm³/mol. The second kappa shape index (κ2) is 9.61. The van der Waals surface area contributed by atoms with E-state index in [0.29, 0.717) is 23.8 Å². The summed E-state index contributed by atoms with van der Waals surface area (Å²) in [5.41, 5.74) is 2.32. The number of hydrogen-bond acceptors (Lipinski definition) is 6. The topological polar surface area (TPSA) is 73.4 Å². The van der Waals surface area contributed by atoms with Gasteiger partial charge >= 0.3 is 0 Å². The molecule has 1 saturated heterocycles. The first-order chi connectivity index (χ1) is 13.5. The number of aryl methyl sites for hydroxylation is 1. The van der Waals surface area contributed by atoms with Crippen molar-refractivity contribution >= 4 is 17.4 Å². The zero-order valence-electron chi connectivity index (χ0n) is 17.0. The molecule has 0 spiro atoms. The summed E-state index contributed by atoms with van der Waals surface area (Å²) >= 11 is 0. The van der Waals surface area contributed by atoms with E-state index in [1.165, 1.54) is 0 Å². The second-order valence-corrected chi connectivity index (χ2v) is 7.68. The van der Waals surface area contributed by atoms with E-state index >= 15 is 0 Å². The number of piperazine rings is 1. The average Bonchev–Trinajstić information content (AvgIpc) is 2.70. The van der Waals surface area contributed by atoms with Gasteiger partial charge in [-0.15, -0.1) is 5.10 Å². The molecule has 7 nitrogen and oxygen atoms in total. The molecule has 1 aromatic carbocycles. The van der Waals surface area contributed by atoms with Gasteiger partial charge in [-0.1, -0.05) is 13.0 Å². The third-order valence-corrected chi connectivity index (χ3v) is 4.97. The Balaban J connectivity index is 1.49. The normalized spacial score (nSPS) is 16.5. The zero-order valence-corrected chi connectivity index (χ0v) is 17.0. The van der Waals surface area contributed by atoms with E-state index in [9.17, 15) is 4.79 Å². The number of anilines is 2. The highest BCUT2D eigenvalue weighted by Crippen LogP contribution is 2.16. The molecule has 3 rings (SSSR count). The van der Waals surface area contributed by atoms with E-state index in [-0.39, 0.29) is 5.91 Å². The SMILES string of the molecule is Cc1ccc(Nc2cccc(C(=O)NCC(C)CN3CCN(C)CC3)c2)nn1. The van der Waals surface area contributed by atoms with Crippen LogP contribution in [0, 0.1) is 12.8 Å². The predicted octanol–water partition coefficient (Wildman–Crippen LogP) is 2.14. The average molecular weight is 383 g/mol. The smallest absolute Gasteiger partial charge is 0.251 e. The summed E-state index contributed by atoms with van der Waals surface area (Å²) in [5.74, 6) is 1.02. The Labute approximate surface area is 167 Å². The monoisotopic (exact) mass is 382 g/mol. The quantitative estimate of drug-likeness (QED) is 0.764. The fourth-order valence-corrected chi connectivity index (χ4v) is 3.26. The third kappa shape index (κ3) is 6.00. The molecule has 1 aromatic heterocycles. The molecular weight excluding hydrogens is 352 g/mol. The number of carbonyl (C=O) groups is 1. The highest BCUT2D eigenvalue weighted by Gasteiger charge is 2.16. The van der Waals surface area contributed by atoms with Gasteiger partial charge < -0.3 is 20.4 Å². The lowest BCUT2D eigenvalue weighted by Crippen LogP contribution is -2.46. The van der Waals surface area contributed by atoms with E-state index in [0.717, 1.165) is 44.1 Å². The van der Waals surface area contributed by atoms with Gasteiger partial charge in [-0.3, -0.25) is 4.79 Å². The molecule has 0 aliphatic carbocycles. The van der Waals surface area contributed by atoms with Crippen molar-refractivity contribution in [1.29, 1.82) is 0 Å². The van der Waals surface area contributed by atoms with Crippen molar-refractivity contribution in [2.45, 2.75) is 13.8 Å². The number of carbonyl (C=O) groups excluding carboxylic acids is 1. The Hall–Kier alpha value is -2.51. The van der Waals surface area contributed by atoms with Gasteiger partial charge in [0.2, 0.25) is 0 Å². The Kier molecular flexibility index (Phi) is 6.95. The van der Waals surface area contributed by atoms with Crippen molar-refractivity contribution in [1.82, 2.24) is 25.3 Å². The molecule has 28 heavy (non-hydrogen) atoms. The highest BCUT2D eigenvalue weighted by molar-refractivity contribution is 5.95. The summed E-state index contributed by atoms with van der Waals surface area (Å²) in [6.07, 6.45) is 0. The van der Waals surface area contributed by atoms with Crippen molar-refractivity contribution in [3.8, 4) is 0 Å². The first-order valence-corrected chi connectivity index (χ1v) is 9.86. The van der Waals surface area contributed by atoms with Crippen LogP contribution in [-0.2, 0) is 0 Å². The molecule has 2 heterocycles. The van der Waals surface area contributed by atoms with E-state index in [1.54, 1.807) is 0 Å². The highest BCUT2D eigenvalue weighted by atomic mass is 16.1.